The van der Waals surface area contributed by atoms with Gasteiger partial charge in [0.15, 0.2) is 0 Å². The summed E-state index contributed by atoms with van der Waals surface area (Å²) in [6.07, 6.45) is 1.60. The van der Waals surface area contributed by atoms with E-state index in [9.17, 15) is 13.6 Å². The normalized spacial score (nSPS) is 13.0. The molecule has 4 aromatic rings. The Kier molecular flexibility index (Phi) is 11.1. The zero-order valence-electron chi connectivity index (χ0n) is 23.5. The van der Waals surface area contributed by atoms with Gasteiger partial charge in [0.2, 0.25) is 0 Å². The summed E-state index contributed by atoms with van der Waals surface area (Å²) in [6.45, 7) is 3.35. The lowest BCUT2D eigenvalue weighted by Gasteiger charge is -2.33. The molecule has 4 N–H and O–H groups in total. The van der Waals surface area contributed by atoms with Gasteiger partial charge in [0.05, 0.1) is 12.4 Å². The summed E-state index contributed by atoms with van der Waals surface area (Å²) in [5.41, 5.74) is 6.80. The van der Waals surface area contributed by atoms with E-state index in [2.05, 4.69) is 0 Å². The largest absolute Gasteiger partial charge is 0.490 e. The van der Waals surface area contributed by atoms with Crippen LogP contribution in [0.3, 0.4) is 0 Å². The molecule has 4 aromatic carbocycles. The van der Waals surface area contributed by atoms with Crippen molar-refractivity contribution in [1.29, 1.82) is 10.8 Å². The van der Waals surface area contributed by atoms with E-state index >= 15 is 0 Å². The van der Waals surface area contributed by atoms with Crippen LogP contribution in [0.25, 0.3) is 10.8 Å². The molecule has 1 aliphatic rings. The molecule has 1 fully saturated rings. The second-order valence-electron chi connectivity index (χ2n) is 10.2. The van der Waals surface area contributed by atoms with Crippen LogP contribution >= 0.6 is 24.8 Å². The first-order valence-electron chi connectivity index (χ1n) is 13.4. The van der Waals surface area contributed by atoms with Crippen molar-refractivity contribution < 1.29 is 18.3 Å². The van der Waals surface area contributed by atoms with Crippen LogP contribution in [0, 0.1) is 22.5 Å². The molecule has 11 heteroatoms. The Hall–Kier alpha value is -4.21. The number of benzene rings is 4. The van der Waals surface area contributed by atoms with E-state index in [0.29, 0.717) is 22.8 Å². The molecule has 0 saturated carbocycles. The van der Waals surface area contributed by atoms with E-state index in [1.165, 1.54) is 11.0 Å². The smallest absolute Gasteiger partial charge is 0.264 e. The van der Waals surface area contributed by atoms with Crippen LogP contribution in [0.4, 0.5) is 14.5 Å². The van der Waals surface area contributed by atoms with Crippen LogP contribution < -0.4 is 15.4 Å². The van der Waals surface area contributed by atoms with Gasteiger partial charge in [-0.2, -0.15) is 0 Å². The molecule has 0 atom stereocenters. The van der Waals surface area contributed by atoms with Gasteiger partial charge in [-0.25, -0.2) is 8.78 Å². The van der Waals surface area contributed by atoms with E-state index in [1.807, 2.05) is 29.2 Å². The van der Waals surface area contributed by atoms with Gasteiger partial charge < -0.3 is 20.3 Å². The van der Waals surface area contributed by atoms with Crippen LogP contribution in [0.5, 0.6) is 5.75 Å². The number of anilines is 1. The van der Waals surface area contributed by atoms with Crippen molar-refractivity contribution in [3.05, 3.63) is 107 Å². The Morgan fingerprint density at radius 3 is 2.16 bits per heavy atom. The monoisotopic (exact) mass is 627 g/mol. The topological polar surface area (TPSA) is 106 Å². The number of nitrogen functional groups attached to an aromatic ring is 1. The highest BCUT2D eigenvalue weighted by atomic mass is 35.5. The standard InChI is InChI=1S/C32H31F2N5O2.2ClH/c1-20(35)38-15-13-27(14-16-38)41-26-11-9-25(10-12-26)39(32(40)30-28(33)3-2-4-29(30)34)19-21-5-6-22-7-8-23(31(36)37)18-24(22)17-21;;/h2-12,17-18,27,35H,13-16,19H2,1H3,(H3,36,37);2*1H. The number of nitrogens with one attached hydrogen (secondary N) is 2. The van der Waals surface area contributed by atoms with E-state index in [1.54, 1.807) is 43.3 Å². The Morgan fingerprint density at radius 2 is 1.56 bits per heavy atom. The average Bonchev–Trinajstić information content (AvgIpc) is 2.96. The first-order chi connectivity index (χ1) is 19.7. The maximum absolute atomic E-state index is 14.7. The Bertz CT molecular complexity index is 1610. The Labute approximate surface area is 261 Å². The highest BCUT2D eigenvalue weighted by Crippen LogP contribution is 2.28. The first kappa shape index (κ1) is 33.3. The van der Waals surface area contributed by atoms with Gasteiger partial charge in [0.25, 0.3) is 5.91 Å². The van der Waals surface area contributed by atoms with Crippen LogP contribution in [0.15, 0.2) is 78.9 Å². The number of nitrogens with two attached hydrogens (primary N) is 1. The minimum absolute atomic E-state index is 0. The molecule has 1 amide bonds. The molecule has 0 radical (unpaired) electrons. The summed E-state index contributed by atoms with van der Waals surface area (Å²) in [4.78, 5) is 17.0. The molecule has 0 aliphatic carbocycles. The van der Waals surface area contributed by atoms with Crippen LogP contribution in [-0.4, -0.2) is 41.7 Å². The maximum Gasteiger partial charge on any atom is 0.264 e. The van der Waals surface area contributed by atoms with Gasteiger partial charge in [0.1, 0.15) is 34.9 Å². The van der Waals surface area contributed by atoms with E-state index in [-0.39, 0.29) is 43.3 Å². The summed E-state index contributed by atoms with van der Waals surface area (Å²) in [6, 6.07) is 21.3. The number of halogens is 4. The molecule has 0 bridgehead atoms. The number of fused-ring (bicyclic) bond motifs is 1. The molecule has 43 heavy (non-hydrogen) atoms. The minimum atomic E-state index is -0.934. The molecule has 226 valence electrons. The van der Waals surface area contributed by atoms with Gasteiger partial charge in [-0.15, -0.1) is 24.8 Å². The van der Waals surface area contributed by atoms with Crippen molar-refractivity contribution in [2.75, 3.05) is 18.0 Å². The highest BCUT2D eigenvalue weighted by molar-refractivity contribution is 6.06. The first-order valence-corrected chi connectivity index (χ1v) is 13.4. The fourth-order valence-electron chi connectivity index (χ4n) is 5.07. The molecule has 5 rings (SSSR count). The third-order valence-electron chi connectivity index (χ3n) is 7.35. The second kappa shape index (κ2) is 14.3. The number of nitrogens with zero attached hydrogens (tertiary/aromatic N) is 2. The number of piperidine rings is 1. The van der Waals surface area contributed by atoms with Gasteiger partial charge in [-0.1, -0.05) is 30.3 Å². The van der Waals surface area contributed by atoms with Gasteiger partial charge in [0, 0.05) is 37.2 Å². The van der Waals surface area contributed by atoms with Crippen molar-refractivity contribution in [1.82, 2.24) is 4.90 Å². The van der Waals surface area contributed by atoms with Gasteiger partial charge in [-0.05, 0) is 71.8 Å². The van der Waals surface area contributed by atoms with E-state index in [0.717, 1.165) is 54.4 Å². The number of carbonyl (C=O) groups excluding carboxylic acids is 1. The second-order valence-corrected chi connectivity index (χ2v) is 10.2. The number of amides is 1. The van der Waals surface area contributed by atoms with Gasteiger partial charge >= 0.3 is 0 Å². The molecule has 0 aromatic heterocycles. The van der Waals surface area contributed by atoms with Crippen LogP contribution in [0.2, 0.25) is 0 Å². The summed E-state index contributed by atoms with van der Waals surface area (Å²) in [5, 5.41) is 17.3. The number of hydrogen-bond acceptors (Lipinski definition) is 4. The van der Waals surface area contributed by atoms with Gasteiger partial charge in [-0.3, -0.25) is 15.6 Å². The molecular weight excluding hydrogens is 595 g/mol. The molecule has 0 unspecified atom stereocenters. The summed E-state index contributed by atoms with van der Waals surface area (Å²) >= 11 is 0. The van der Waals surface area contributed by atoms with E-state index in [4.69, 9.17) is 21.3 Å². The van der Waals surface area contributed by atoms with Crippen molar-refractivity contribution in [3.63, 3.8) is 0 Å². The van der Waals surface area contributed by atoms with Crippen LogP contribution in [-0.2, 0) is 6.54 Å². The lowest BCUT2D eigenvalue weighted by atomic mass is 10.0. The lowest BCUT2D eigenvalue weighted by Crippen LogP contribution is -2.40. The molecular formula is C32H33Cl2F2N5O2. The number of carbonyl (C=O) groups is 1. The zero-order valence-corrected chi connectivity index (χ0v) is 25.1. The minimum Gasteiger partial charge on any atom is -0.490 e. The predicted molar refractivity (Wildman–Crippen MR) is 171 cm³/mol. The molecule has 1 aliphatic heterocycles. The van der Waals surface area contributed by atoms with Crippen molar-refractivity contribution in [3.8, 4) is 5.75 Å². The van der Waals surface area contributed by atoms with Crippen molar-refractivity contribution >= 4 is 58.9 Å². The summed E-state index contributed by atoms with van der Waals surface area (Å²) < 4.78 is 35.5. The molecule has 1 saturated heterocycles. The lowest BCUT2D eigenvalue weighted by molar-refractivity contribution is 0.0976. The fourth-order valence-corrected chi connectivity index (χ4v) is 5.07. The highest BCUT2D eigenvalue weighted by Gasteiger charge is 2.25. The van der Waals surface area contributed by atoms with Crippen molar-refractivity contribution in [2.45, 2.75) is 32.4 Å². The molecule has 7 nitrogen and oxygen atoms in total. The third kappa shape index (κ3) is 7.60. The number of rotatable bonds is 7. The van der Waals surface area contributed by atoms with Crippen molar-refractivity contribution in [2.24, 2.45) is 5.73 Å². The predicted octanol–water partition coefficient (Wildman–Crippen LogP) is 6.93. The number of likely N-dealkylation sites (tertiary alicyclic amines) is 1. The maximum atomic E-state index is 14.7. The third-order valence-corrected chi connectivity index (χ3v) is 7.35. The number of ether oxygens (including phenoxy) is 1. The Morgan fingerprint density at radius 1 is 0.930 bits per heavy atom. The average molecular weight is 629 g/mol. The zero-order chi connectivity index (χ0) is 29.1. The summed E-state index contributed by atoms with van der Waals surface area (Å²) in [5.74, 6) is -1.55. The molecule has 1 heterocycles. The SMILES string of the molecule is CC(=N)N1CCC(Oc2ccc(N(Cc3ccc4ccc(C(=N)N)cc4c3)C(=O)c3c(F)cccc3F)cc2)CC1.Cl.Cl. The number of hydrogen-bond donors (Lipinski definition) is 3. The van der Waals surface area contributed by atoms with E-state index < -0.39 is 23.1 Å². The Balaban J connectivity index is 0.00000253. The number of amidine groups is 2. The summed E-state index contributed by atoms with van der Waals surface area (Å²) in [7, 11) is 0. The fraction of sp³-hybridized carbons (Fsp3) is 0.219. The quantitative estimate of drug-likeness (QED) is 0.152. The van der Waals surface area contributed by atoms with Crippen LogP contribution in [0.1, 0.15) is 41.3 Å². The molecule has 0 spiro atoms.